The van der Waals surface area contributed by atoms with Gasteiger partial charge in [-0.25, -0.2) is 4.98 Å². The van der Waals surface area contributed by atoms with Crippen LogP contribution in [0.25, 0.3) is 0 Å². The Labute approximate surface area is 87.9 Å². The summed E-state index contributed by atoms with van der Waals surface area (Å²) in [7, 11) is 0. The average Bonchev–Trinajstić information content (AvgIpc) is 2.49. The fraction of sp³-hybridized carbons (Fsp3) is 0.667. The van der Waals surface area contributed by atoms with Gasteiger partial charge in [0.15, 0.2) is 0 Å². The van der Waals surface area contributed by atoms with E-state index in [2.05, 4.69) is 17.3 Å². The minimum atomic E-state index is 0.647. The maximum atomic E-state index is 5.48. The lowest BCUT2D eigenvalue weighted by molar-refractivity contribution is 0.822. The zero-order valence-electron chi connectivity index (χ0n) is 8.12. The van der Waals surface area contributed by atoms with Crippen molar-refractivity contribution in [2.45, 2.75) is 31.3 Å². The van der Waals surface area contributed by atoms with Crippen molar-refractivity contribution in [2.24, 2.45) is 5.73 Å². The van der Waals surface area contributed by atoms with Crippen LogP contribution in [0.5, 0.6) is 0 Å². The van der Waals surface area contributed by atoms with Crippen molar-refractivity contribution in [3.05, 3.63) is 16.1 Å². The van der Waals surface area contributed by atoms with Crippen LogP contribution in [0.2, 0.25) is 0 Å². The summed E-state index contributed by atoms with van der Waals surface area (Å²) in [4.78, 5) is 4.41. The number of rotatable bonds is 5. The van der Waals surface area contributed by atoms with Crippen LogP contribution in [0.3, 0.4) is 0 Å². The van der Waals surface area contributed by atoms with E-state index in [4.69, 9.17) is 5.73 Å². The van der Waals surface area contributed by atoms with Crippen molar-refractivity contribution < 1.29 is 0 Å². The molecule has 0 radical (unpaired) electrons. The van der Waals surface area contributed by atoms with E-state index in [-0.39, 0.29) is 0 Å². The highest BCUT2D eigenvalue weighted by Gasteiger charge is 2.03. The van der Waals surface area contributed by atoms with Gasteiger partial charge in [0.2, 0.25) is 0 Å². The minimum Gasteiger partial charge on any atom is -0.330 e. The largest absolute Gasteiger partial charge is 0.330 e. The van der Waals surface area contributed by atoms with Gasteiger partial charge in [0.05, 0.1) is 0 Å². The van der Waals surface area contributed by atoms with Crippen LogP contribution in [0.15, 0.2) is 5.38 Å². The van der Waals surface area contributed by atoms with E-state index in [1.807, 2.05) is 18.7 Å². The lowest BCUT2D eigenvalue weighted by Gasteiger charge is -2.07. The van der Waals surface area contributed by atoms with Gasteiger partial charge in [-0.05, 0) is 19.9 Å². The van der Waals surface area contributed by atoms with Gasteiger partial charge in [-0.3, -0.25) is 0 Å². The molecule has 1 unspecified atom stereocenters. The number of nitrogens with two attached hydrogens (primary N) is 1. The Kier molecular flexibility index (Phi) is 4.77. The number of hydrogen-bond acceptors (Lipinski definition) is 4. The van der Waals surface area contributed by atoms with Crippen LogP contribution in [-0.2, 0) is 5.75 Å². The molecule has 2 nitrogen and oxygen atoms in total. The van der Waals surface area contributed by atoms with Crippen LogP contribution < -0.4 is 5.73 Å². The maximum absolute atomic E-state index is 5.48. The molecule has 0 aliphatic rings. The maximum Gasteiger partial charge on any atom is 0.103 e. The molecular weight excluding hydrogens is 200 g/mol. The number of thiazole rings is 1. The van der Waals surface area contributed by atoms with Crippen molar-refractivity contribution in [1.82, 2.24) is 4.98 Å². The summed E-state index contributed by atoms with van der Waals surface area (Å²) in [5.74, 6) is 1.03. The molecule has 4 heteroatoms. The molecule has 0 aliphatic carbocycles. The Balaban J connectivity index is 2.26. The van der Waals surface area contributed by atoms with Crippen LogP contribution >= 0.6 is 23.1 Å². The van der Waals surface area contributed by atoms with E-state index in [0.717, 1.165) is 24.4 Å². The zero-order valence-corrected chi connectivity index (χ0v) is 9.75. The summed E-state index contributed by atoms with van der Waals surface area (Å²) in [5, 5.41) is 3.98. The first kappa shape index (κ1) is 11.0. The van der Waals surface area contributed by atoms with Gasteiger partial charge in [-0.1, -0.05) is 6.92 Å². The number of aromatic nitrogens is 1. The molecule has 0 saturated heterocycles. The Bertz CT molecular complexity index is 248. The van der Waals surface area contributed by atoms with Gasteiger partial charge in [0, 0.05) is 22.1 Å². The highest BCUT2D eigenvalue weighted by molar-refractivity contribution is 7.99. The number of aryl methyl sites for hydroxylation is 1. The third-order valence-electron chi connectivity index (χ3n) is 1.73. The molecule has 1 aromatic rings. The normalized spacial score (nSPS) is 13.2. The van der Waals surface area contributed by atoms with Crippen molar-refractivity contribution in [2.75, 3.05) is 6.54 Å². The summed E-state index contributed by atoms with van der Waals surface area (Å²) in [6.45, 7) is 5.04. The quantitative estimate of drug-likeness (QED) is 0.821. The number of hydrogen-bond donors (Lipinski definition) is 1. The second-order valence-corrected chi connectivity index (χ2v) is 5.45. The third-order valence-corrected chi connectivity index (χ3v) is 4.13. The standard InChI is InChI=1S/C9H16N2S2/c1-7-5-13-9(11-7)6-12-8(2)3-4-10/h5,8H,3-4,6,10H2,1-2H3. The average molecular weight is 216 g/mol. The van der Waals surface area contributed by atoms with E-state index >= 15 is 0 Å². The molecule has 0 aliphatic heterocycles. The summed E-state index contributed by atoms with van der Waals surface area (Å²) >= 11 is 3.68. The topological polar surface area (TPSA) is 38.9 Å². The van der Waals surface area contributed by atoms with Gasteiger partial charge in [0.25, 0.3) is 0 Å². The molecule has 0 saturated carbocycles. The first-order valence-electron chi connectivity index (χ1n) is 4.45. The predicted molar refractivity (Wildman–Crippen MR) is 61.3 cm³/mol. The second kappa shape index (κ2) is 5.62. The molecule has 1 aromatic heterocycles. The monoisotopic (exact) mass is 216 g/mol. The molecule has 1 rings (SSSR count). The Morgan fingerprint density at radius 2 is 2.46 bits per heavy atom. The lowest BCUT2D eigenvalue weighted by atomic mass is 10.3. The molecule has 13 heavy (non-hydrogen) atoms. The molecule has 1 heterocycles. The SMILES string of the molecule is Cc1csc(CSC(C)CCN)n1. The van der Waals surface area contributed by atoms with Gasteiger partial charge < -0.3 is 5.73 Å². The highest BCUT2D eigenvalue weighted by Crippen LogP contribution is 2.21. The Morgan fingerprint density at radius 1 is 1.69 bits per heavy atom. The van der Waals surface area contributed by atoms with E-state index in [0.29, 0.717) is 5.25 Å². The first-order chi connectivity index (χ1) is 6.22. The molecule has 2 N–H and O–H groups in total. The van der Waals surface area contributed by atoms with Gasteiger partial charge >= 0.3 is 0 Å². The summed E-state index contributed by atoms with van der Waals surface area (Å²) < 4.78 is 0. The van der Waals surface area contributed by atoms with Crippen LogP contribution in [-0.4, -0.2) is 16.8 Å². The third kappa shape index (κ3) is 4.11. The lowest BCUT2D eigenvalue weighted by Crippen LogP contribution is -2.07. The molecule has 1 atom stereocenters. The molecule has 0 spiro atoms. The highest BCUT2D eigenvalue weighted by atomic mass is 32.2. The van der Waals surface area contributed by atoms with Crippen molar-refractivity contribution >= 4 is 23.1 Å². The van der Waals surface area contributed by atoms with E-state index in [9.17, 15) is 0 Å². The predicted octanol–water partition coefficient (Wildman–Crippen LogP) is 2.42. The zero-order chi connectivity index (χ0) is 9.68. The van der Waals surface area contributed by atoms with Crippen molar-refractivity contribution in [3.8, 4) is 0 Å². The van der Waals surface area contributed by atoms with Crippen LogP contribution in [0, 0.1) is 6.92 Å². The molecule has 0 bridgehead atoms. The molecule has 0 aromatic carbocycles. The Morgan fingerprint density at radius 3 is 3.00 bits per heavy atom. The van der Waals surface area contributed by atoms with Gasteiger partial charge in [-0.15, -0.1) is 11.3 Å². The van der Waals surface area contributed by atoms with Crippen molar-refractivity contribution in [3.63, 3.8) is 0 Å². The summed E-state index contributed by atoms with van der Waals surface area (Å²) in [5.41, 5.74) is 6.61. The fourth-order valence-corrected chi connectivity index (χ4v) is 2.83. The minimum absolute atomic E-state index is 0.647. The molecule has 0 fully saturated rings. The van der Waals surface area contributed by atoms with Crippen molar-refractivity contribution in [1.29, 1.82) is 0 Å². The van der Waals surface area contributed by atoms with Gasteiger partial charge in [0.1, 0.15) is 5.01 Å². The van der Waals surface area contributed by atoms with E-state index < -0.39 is 0 Å². The fourth-order valence-electron chi connectivity index (χ4n) is 1.00. The first-order valence-corrected chi connectivity index (χ1v) is 6.38. The van der Waals surface area contributed by atoms with Gasteiger partial charge in [-0.2, -0.15) is 11.8 Å². The second-order valence-electron chi connectivity index (χ2n) is 3.08. The summed E-state index contributed by atoms with van der Waals surface area (Å²) in [6.07, 6.45) is 1.09. The summed E-state index contributed by atoms with van der Waals surface area (Å²) in [6, 6.07) is 0. The smallest absolute Gasteiger partial charge is 0.103 e. The van der Waals surface area contributed by atoms with E-state index in [1.54, 1.807) is 11.3 Å². The van der Waals surface area contributed by atoms with E-state index in [1.165, 1.54) is 5.01 Å². The Hall–Kier alpha value is -0.0600. The number of thioether (sulfide) groups is 1. The number of nitrogens with zero attached hydrogens (tertiary/aromatic N) is 1. The molecule has 74 valence electrons. The van der Waals surface area contributed by atoms with Crippen LogP contribution in [0.1, 0.15) is 24.0 Å². The van der Waals surface area contributed by atoms with Crippen LogP contribution in [0.4, 0.5) is 0 Å². The molecular formula is C9H16N2S2. The molecule has 0 amide bonds.